The standard InChI is InChI=1S/C25H28N2O4Si/c1-5-25(30)19-12-21-22-17(13-27(21)23(28)18(19)14-31-24(25)29)15(10-11-32(2,3)4)16-8-6-7-9-20(16)26-22/h6-9,12,30H,5,10-11,13-14H2,1-4H3/t25-/m1/s1. The van der Waals surface area contributed by atoms with Gasteiger partial charge in [-0.3, -0.25) is 4.79 Å². The van der Waals surface area contributed by atoms with Crippen LogP contribution in [0.1, 0.15) is 35.6 Å². The number of aromatic nitrogens is 2. The molecule has 2 aromatic heterocycles. The number of cyclic esters (lactones) is 1. The third-order valence-electron chi connectivity index (χ3n) is 6.84. The van der Waals surface area contributed by atoms with Crippen molar-refractivity contribution in [3.05, 3.63) is 62.9 Å². The quantitative estimate of drug-likeness (QED) is 0.378. The first kappa shape index (κ1) is 21.1. The van der Waals surface area contributed by atoms with E-state index in [2.05, 4.69) is 25.7 Å². The molecule has 3 aromatic rings. The Kier molecular flexibility index (Phi) is 4.69. The summed E-state index contributed by atoms with van der Waals surface area (Å²) in [5, 5.41) is 12.2. The number of para-hydroxylation sites is 1. The van der Waals surface area contributed by atoms with Crippen LogP contribution >= 0.6 is 0 Å². The van der Waals surface area contributed by atoms with E-state index in [0.717, 1.165) is 34.6 Å². The minimum absolute atomic E-state index is 0.107. The Morgan fingerprint density at radius 2 is 1.94 bits per heavy atom. The Hall–Kier alpha value is -2.77. The molecule has 32 heavy (non-hydrogen) atoms. The molecule has 0 aliphatic carbocycles. The molecular formula is C25H28N2O4Si. The van der Waals surface area contributed by atoms with Gasteiger partial charge in [0.2, 0.25) is 0 Å². The lowest BCUT2D eigenvalue weighted by Gasteiger charge is -2.31. The maximum absolute atomic E-state index is 13.4. The van der Waals surface area contributed by atoms with Crippen molar-refractivity contribution in [3.8, 4) is 11.4 Å². The van der Waals surface area contributed by atoms with Gasteiger partial charge in [-0.15, -0.1) is 0 Å². The highest BCUT2D eigenvalue weighted by molar-refractivity contribution is 6.76. The molecule has 4 heterocycles. The number of aliphatic hydroxyl groups is 1. The number of fused-ring (bicyclic) bond motifs is 5. The molecule has 0 bridgehead atoms. The maximum Gasteiger partial charge on any atom is 0.343 e. The molecule has 0 fully saturated rings. The number of aryl methyl sites for hydroxylation is 1. The van der Waals surface area contributed by atoms with E-state index >= 15 is 0 Å². The molecule has 2 aliphatic heterocycles. The van der Waals surface area contributed by atoms with Gasteiger partial charge in [0.25, 0.3) is 5.56 Å². The predicted octanol–water partition coefficient (Wildman–Crippen LogP) is 3.96. The van der Waals surface area contributed by atoms with Crippen molar-refractivity contribution in [1.82, 2.24) is 9.55 Å². The number of ether oxygens (including phenoxy) is 1. The zero-order valence-electron chi connectivity index (χ0n) is 19.0. The van der Waals surface area contributed by atoms with E-state index in [1.807, 2.05) is 18.2 Å². The number of esters is 1. The highest BCUT2D eigenvalue weighted by atomic mass is 28.3. The summed E-state index contributed by atoms with van der Waals surface area (Å²) in [6.45, 7) is 9.17. The molecule has 1 N–H and O–H groups in total. The van der Waals surface area contributed by atoms with Gasteiger partial charge < -0.3 is 14.4 Å². The van der Waals surface area contributed by atoms with Gasteiger partial charge in [-0.1, -0.05) is 50.8 Å². The number of hydrogen-bond acceptors (Lipinski definition) is 5. The average molecular weight is 449 g/mol. The van der Waals surface area contributed by atoms with Crippen molar-refractivity contribution in [2.45, 2.75) is 64.2 Å². The normalized spacial score (nSPS) is 19.5. The van der Waals surface area contributed by atoms with Crippen molar-refractivity contribution in [1.29, 1.82) is 0 Å². The summed E-state index contributed by atoms with van der Waals surface area (Å²) in [7, 11) is -1.28. The number of pyridine rings is 2. The van der Waals surface area contributed by atoms with Gasteiger partial charge in [-0.2, -0.15) is 0 Å². The van der Waals surface area contributed by atoms with E-state index in [-0.39, 0.29) is 18.6 Å². The topological polar surface area (TPSA) is 81.4 Å². The number of carbonyl (C=O) groups excluding carboxylic acids is 1. The molecule has 7 heteroatoms. The fourth-order valence-electron chi connectivity index (χ4n) is 4.90. The monoisotopic (exact) mass is 448 g/mol. The van der Waals surface area contributed by atoms with E-state index in [9.17, 15) is 14.7 Å². The van der Waals surface area contributed by atoms with E-state index in [4.69, 9.17) is 9.72 Å². The highest BCUT2D eigenvalue weighted by Crippen LogP contribution is 2.40. The van der Waals surface area contributed by atoms with Crippen molar-refractivity contribution in [2.24, 2.45) is 0 Å². The predicted molar refractivity (Wildman–Crippen MR) is 126 cm³/mol. The Morgan fingerprint density at radius 1 is 1.19 bits per heavy atom. The van der Waals surface area contributed by atoms with Crippen LogP contribution < -0.4 is 5.56 Å². The van der Waals surface area contributed by atoms with Crippen molar-refractivity contribution in [3.63, 3.8) is 0 Å². The van der Waals surface area contributed by atoms with Crippen LogP contribution in [0.3, 0.4) is 0 Å². The maximum atomic E-state index is 13.4. The van der Waals surface area contributed by atoms with E-state index < -0.39 is 19.6 Å². The second-order valence-electron chi connectivity index (χ2n) is 10.1. The summed E-state index contributed by atoms with van der Waals surface area (Å²) < 4.78 is 6.90. The van der Waals surface area contributed by atoms with Gasteiger partial charge in [0, 0.05) is 24.6 Å². The summed E-state index contributed by atoms with van der Waals surface area (Å²) in [6, 6.07) is 11.1. The van der Waals surface area contributed by atoms with Gasteiger partial charge in [-0.25, -0.2) is 9.78 Å². The Labute approximate surface area is 187 Å². The summed E-state index contributed by atoms with van der Waals surface area (Å²) in [6.07, 6.45) is 1.09. The van der Waals surface area contributed by atoms with Crippen molar-refractivity contribution >= 4 is 24.9 Å². The molecule has 2 aliphatic rings. The molecule has 6 nitrogen and oxygen atoms in total. The third-order valence-corrected chi connectivity index (χ3v) is 8.59. The SMILES string of the molecule is CC[C@]1(O)C(=O)OCc2c1cc1n(c2=O)Cc2c-1nc1ccccc1c2CC[Si](C)(C)C. The van der Waals surface area contributed by atoms with Crippen LogP contribution in [0, 0.1) is 0 Å². The minimum atomic E-state index is -1.80. The van der Waals surface area contributed by atoms with Gasteiger partial charge in [-0.05, 0) is 30.5 Å². The summed E-state index contributed by atoms with van der Waals surface area (Å²) in [4.78, 5) is 30.8. The molecule has 0 saturated carbocycles. The number of benzene rings is 1. The molecule has 0 saturated heterocycles. The smallest absolute Gasteiger partial charge is 0.343 e. The molecule has 166 valence electrons. The van der Waals surface area contributed by atoms with Crippen LogP contribution in [0.25, 0.3) is 22.3 Å². The lowest BCUT2D eigenvalue weighted by molar-refractivity contribution is -0.172. The number of rotatable bonds is 4. The Balaban J connectivity index is 1.76. The van der Waals surface area contributed by atoms with Crippen LogP contribution in [0.5, 0.6) is 0 Å². The third kappa shape index (κ3) is 3.06. The lowest BCUT2D eigenvalue weighted by atomic mass is 9.86. The number of nitrogens with zero attached hydrogens (tertiary/aromatic N) is 2. The Morgan fingerprint density at radius 3 is 2.66 bits per heavy atom. The minimum Gasteiger partial charge on any atom is -0.458 e. The van der Waals surface area contributed by atoms with Crippen molar-refractivity contribution in [2.75, 3.05) is 0 Å². The van der Waals surface area contributed by atoms with Crippen LogP contribution in [-0.2, 0) is 34.7 Å². The summed E-state index contributed by atoms with van der Waals surface area (Å²) >= 11 is 0. The first-order valence-corrected chi connectivity index (χ1v) is 14.9. The van der Waals surface area contributed by atoms with Gasteiger partial charge in [0.15, 0.2) is 5.60 Å². The largest absolute Gasteiger partial charge is 0.458 e. The van der Waals surface area contributed by atoms with Gasteiger partial charge >= 0.3 is 5.97 Å². The highest BCUT2D eigenvalue weighted by Gasteiger charge is 2.45. The molecular weight excluding hydrogens is 420 g/mol. The van der Waals surface area contributed by atoms with Crippen LogP contribution in [0.4, 0.5) is 0 Å². The van der Waals surface area contributed by atoms with Gasteiger partial charge in [0.05, 0.1) is 29.0 Å². The zero-order valence-corrected chi connectivity index (χ0v) is 20.0. The molecule has 0 spiro atoms. The van der Waals surface area contributed by atoms with Crippen LogP contribution in [-0.4, -0.2) is 28.7 Å². The van der Waals surface area contributed by atoms with E-state index in [1.165, 1.54) is 5.56 Å². The van der Waals surface area contributed by atoms with Crippen LogP contribution in [0.15, 0.2) is 35.1 Å². The zero-order chi connectivity index (χ0) is 22.8. The molecule has 0 radical (unpaired) electrons. The van der Waals surface area contributed by atoms with E-state index in [0.29, 0.717) is 23.4 Å². The fraction of sp³-hybridized carbons (Fsp3) is 0.400. The summed E-state index contributed by atoms with van der Waals surface area (Å²) in [5.74, 6) is -0.697. The first-order chi connectivity index (χ1) is 15.1. The second-order valence-corrected chi connectivity index (χ2v) is 15.7. The van der Waals surface area contributed by atoms with Crippen molar-refractivity contribution < 1.29 is 14.6 Å². The molecule has 5 rings (SSSR count). The molecule has 1 atom stereocenters. The first-order valence-electron chi connectivity index (χ1n) is 11.2. The lowest BCUT2D eigenvalue weighted by Crippen LogP contribution is -2.44. The molecule has 1 aromatic carbocycles. The molecule has 0 unspecified atom stereocenters. The average Bonchev–Trinajstić information content (AvgIpc) is 3.12. The summed E-state index contributed by atoms with van der Waals surface area (Å²) in [5.41, 5.74) is 3.40. The van der Waals surface area contributed by atoms with Crippen LogP contribution in [0.2, 0.25) is 25.7 Å². The second kappa shape index (κ2) is 7.12. The molecule has 0 amide bonds. The van der Waals surface area contributed by atoms with Gasteiger partial charge in [0.1, 0.15) is 6.61 Å². The fourth-order valence-corrected chi connectivity index (χ4v) is 5.90. The number of carbonyl (C=O) groups is 1. The number of hydrogen-bond donors (Lipinski definition) is 1. The van der Waals surface area contributed by atoms with E-state index in [1.54, 1.807) is 17.6 Å². The Bertz CT molecular complexity index is 1340.